The molecule has 2 aromatic carbocycles. The highest BCUT2D eigenvalue weighted by atomic mass is 19.1. The molecule has 0 radical (unpaired) electrons. The number of carbonyl (C=O) groups excluding carboxylic acids is 1. The van der Waals surface area contributed by atoms with Gasteiger partial charge in [0, 0.05) is 24.0 Å². The van der Waals surface area contributed by atoms with Crippen LogP contribution in [0.25, 0.3) is 0 Å². The van der Waals surface area contributed by atoms with Gasteiger partial charge in [-0.3, -0.25) is 14.9 Å². The molecule has 0 saturated heterocycles. The highest BCUT2D eigenvalue weighted by molar-refractivity contribution is 5.98. The SMILES string of the molecule is O=C(CNc1ccc(F)c([N+](=O)[O-])c1)N1CCc2ccccc21. The minimum Gasteiger partial charge on any atom is -0.376 e. The van der Waals surface area contributed by atoms with Crippen molar-refractivity contribution in [1.82, 2.24) is 0 Å². The Morgan fingerprint density at radius 2 is 2.09 bits per heavy atom. The number of hydrogen-bond acceptors (Lipinski definition) is 4. The van der Waals surface area contributed by atoms with E-state index in [2.05, 4.69) is 5.32 Å². The number of nitro benzene ring substituents is 1. The average Bonchev–Trinajstić information content (AvgIpc) is 2.97. The molecule has 1 amide bonds. The zero-order chi connectivity index (χ0) is 16.4. The van der Waals surface area contributed by atoms with Gasteiger partial charge in [0.25, 0.3) is 0 Å². The Morgan fingerprint density at radius 3 is 2.87 bits per heavy atom. The summed E-state index contributed by atoms with van der Waals surface area (Å²) in [6.07, 6.45) is 0.809. The molecule has 2 aromatic rings. The van der Waals surface area contributed by atoms with Gasteiger partial charge in [0.05, 0.1) is 11.5 Å². The number of rotatable bonds is 4. The van der Waals surface area contributed by atoms with E-state index in [-0.39, 0.29) is 12.5 Å². The molecular weight excluding hydrogens is 301 g/mol. The first-order valence-electron chi connectivity index (χ1n) is 7.12. The Kier molecular flexibility index (Phi) is 3.92. The molecule has 0 aromatic heterocycles. The molecule has 3 rings (SSSR count). The van der Waals surface area contributed by atoms with Crippen LogP contribution in [0.5, 0.6) is 0 Å². The molecule has 1 heterocycles. The molecule has 6 nitrogen and oxygen atoms in total. The van der Waals surface area contributed by atoms with Gasteiger partial charge < -0.3 is 10.2 Å². The summed E-state index contributed by atoms with van der Waals surface area (Å²) in [5, 5.41) is 13.5. The summed E-state index contributed by atoms with van der Waals surface area (Å²) in [6, 6.07) is 11.1. The van der Waals surface area contributed by atoms with E-state index in [1.807, 2.05) is 24.3 Å². The highest BCUT2D eigenvalue weighted by Crippen LogP contribution is 2.27. The molecule has 1 aliphatic heterocycles. The quantitative estimate of drug-likeness (QED) is 0.695. The topological polar surface area (TPSA) is 75.5 Å². The largest absolute Gasteiger partial charge is 0.376 e. The minimum absolute atomic E-state index is 0.0167. The van der Waals surface area contributed by atoms with E-state index < -0.39 is 16.4 Å². The van der Waals surface area contributed by atoms with E-state index in [9.17, 15) is 19.3 Å². The molecule has 0 spiro atoms. The fraction of sp³-hybridized carbons (Fsp3) is 0.188. The normalized spacial score (nSPS) is 12.8. The Balaban J connectivity index is 1.69. The number of halogens is 1. The van der Waals surface area contributed by atoms with Gasteiger partial charge in [-0.1, -0.05) is 18.2 Å². The summed E-state index contributed by atoms with van der Waals surface area (Å²) < 4.78 is 13.3. The number of benzene rings is 2. The second kappa shape index (κ2) is 6.04. The lowest BCUT2D eigenvalue weighted by Gasteiger charge is -2.18. The molecule has 0 unspecified atom stereocenters. The Morgan fingerprint density at radius 1 is 1.30 bits per heavy atom. The third-order valence-electron chi connectivity index (χ3n) is 3.77. The number of nitrogens with zero attached hydrogens (tertiary/aromatic N) is 2. The first kappa shape index (κ1) is 15.0. The van der Waals surface area contributed by atoms with Crippen molar-refractivity contribution in [3.8, 4) is 0 Å². The number of amides is 1. The molecule has 23 heavy (non-hydrogen) atoms. The molecule has 1 aliphatic rings. The van der Waals surface area contributed by atoms with Gasteiger partial charge >= 0.3 is 5.69 Å². The van der Waals surface area contributed by atoms with Crippen molar-refractivity contribution >= 4 is 23.0 Å². The van der Waals surface area contributed by atoms with Crippen molar-refractivity contribution in [3.05, 3.63) is 64.0 Å². The lowest BCUT2D eigenvalue weighted by atomic mass is 10.2. The van der Waals surface area contributed by atoms with Crippen molar-refractivity contribution in [1.29, 1.82) is 0 Å². The number of nitro groups is 1. The predicted molar refractivity (Wildman–Crippen MR) is 84.0 cm³/mol. The van der Waals surface area contributed by atoms with Crippen molar-refractivity contribution in [3.63, 3.8) is 0 Å². The Hall–Kier alpha value is -2.96. The number of nitrogens with one attached hydrogen (secondary N) is 1. The number of para-hydroxylation sites is 1. The minimum atomic E-state index is -0.902. The zero-order valence-electron chi connectivity index (χ0n) is 12.2. The van der Waals surface area contributed by atoms with Crippen LogP contribution < -0.4 is 10.2 Å². The first-order chi connectivity index (χ1) is 11.1. The summed E-state index contributed by atoms with van der Waals surface area (Å²) in [5.41, 5.74) is 1.73. The predicted octanol–water partition coefficient (Wildman–Crippen LogP) is 2.74. The number of carbonyl (C=O) groups is 1. The van der Waals surface area contributed by atoms with Gasteiger partial charge in [0.2, 0.25) is 11.7 Å². The summed E-state index contributed by atoms with van der Waals surface area (Å²) in [4.78, 5) is 23.9. The van der Waals surface area contributed by atoms with Crippen molar-refractivity contribution in [2.75, 3.05) is 23.3 Å². The van der Waals surface area contributed by atoms with E-state index in [0.29, 0.717) is 12.2 Å². The monoisotopic (exact) mass is 315 g/mol. The van der Waals surface area contributed by atoms with Crippen molar-refractivity contribution < 1.29 is 14.1 Å². The fourth-order valence-electron chi connectivity index (χ4n) is 2.63. The maximum atomic E-state index is 13.3. The molecule has 0 aliphatic carbocycles. The van der Waals surface area contributed by atoms with E-state index in [1.165, 1.54) is 6.07 Å². The number of fused-ring (bicyclic) bond motifs is 1. The van der Waals surface area contributed by atoms with Crippen LogP contribution in [0.1, 0.15) is 5.56 Å². The third kappa shape index (κ3) is 2.98. The van der Waals surface area contributed by atoms with Gasteiger partial charge in [-0.05, 0) is 30.2 Å². The van der Waals surface area contributed by atoms with Gasteiger partial charge in [0.1, 0.15) is 0 Å². The lowest BCUT2D eigenvalue weighted by molar-refractivity contribution is -0.387. The Labute approximate surface area is 131 Å². The van der Waals surface area contributed by atoms with Gasteiger partial charge in [-0.2, -0.15) is 4.39 Å². The average molecular weight is 315 g/mol. The van der Waals surface area contributed by atoms with Crippen molar-refractivity contribution in [2.45, 2.75) is 6.42 Å². The van der Waals surface area contributed by atoms with Gasteiger partial charge in [-0.25, -0.2) is 0 Å². The van der Waals surface area contributed by atoms with Crippen LogP contribution >= 0.6 is 0 Å². The van der Waals surface area contributed by atoms with E-state index in [1.54, 1.807) is 4.90 Å². The van der Waals surface area contributed by atoms with Crippen molar-refractivity contribution in [2.24, 2.45) is 0 Å². The molecule has 0 saturated carbocycles. The summed E-state index contributed by atoms with van der Waals surface area (Å²) in [5.74, 6) is -1.04. The van der Waals surface area contributed by atoms with Crippen LogP contribution in [0.3, 0.4) is 0 Å². The summed E-state index contributed by atoms with van der Waals surface area (Å²) >= 11 is 0. The smallest absolute Gasteiger partial charge is 0.306 e. The third-order valence-corrected chi connectivity index (χ3v) is 3.77. The molecular formula is C16H14FN3O3. The van der Waals surface area contributed by atoms with Crippen LogP contribution in [-0.4, -0.2) is 23.9 Å². The van der Waals surface area contributed by atoms with Crippen LogP contribution in [-0.2, 0) is 11.2 Å². The maximum absolute atomic E-state index is 13.3. The van der Waals surface area contributed by atoms with Crippen LogP contribution in [0.15, 0.2) is 42.5 Å². The molecule has 0 bridgehead atoms. The fourth-order valence-corrected chi connectivity index (χ4v) is 2.63. The van der Waals surface area contributed by atoms with Gasteiger partial charge in [-0.15, -0.1) is 0 Å². The van der Waals surface area contributed by atoms with Crippen LogP contribution in [0, 0.1) is 15.9 Å². The molecule has 7 heteroatoms. The van der Waals surface area contributed by atoms with E-state index in [0.717, 1.165) is 29.8 Å². The maximum Gasteiger partial charge on any atom is 0.306 e. The summed E-state index contributed by atoms with van der Waals surface area (Å²) in [7, 11) is 0. The summed E-state index contributed by atoms with van der Waals surface area (Å²) in [6.45, 7) is 0.598. The zero-order valence-corrected chi connectivity index (χ0v) is 12.2. The molecule has 118 valence electrons. The second-order valence-corrected chi connectivity index (χ2v) is 5.20. The number of hydrogen-bond donors (Lipinski definition) is 1. The standard InChI is InChI=1S/C16H14FN3O3/c17-13-6-5-12(9-15(13)20(22)23)18-10-16(21)19-8-7-11-3-1-2-4-14(11)19/h1-6,9,18H,7-8,10H2. The Bertz CT molecular complexity index is 779. The van der Waals surface area contributed by atoms with Crippen LogP contribution in [0.2, 0.25) is 0 Å². The lowest BCUT2D eigenvalue weighted by Crippen LogP contribution is -2.34. The van der Waals surface area contributed by atoms with Crippen LogP contribution in [0.4, 0.5) is 21.5 Å². The first-order valence-corrected chi connectivity index (χ1v) is 7.12. The number of anilines is 2. The van der Waals surface area contributed by atoms with E-state index in [4.69, 9.17) is 0 Å². The molecule has 0 fully saturated rings. The van der Waals surface area contributed by atoms with Gasteiger partial charge in [0.15, 0.2) is 0 Å². The highest BCUT2D eigenvalue weighted by Gasteiger charge is 2.24. The molecule has 0 atom stereocenters. The molecule has 1 N–H and O–H groups in total. The van der Waals surface area contributed by atoms with E-state index >= 15 is 0 Å². The second-order valence-electron chi connectivity index (χ2n) is 5.20.